The quantitative estimate of drug-likeness (QED) is 0.120. The van der Waals surface area contributed by atoms with E-state index in [2.05, 4.69) is 138 Å². The summed E-state index contributed by atoms with van der Waals surface area (Å²) < 4.78 is 0. The van der Waals surface area contributed by atoms with E-state index in [1.807, 2.05) is 0 Å². The molecule has 2 aliphatic rings. The van der Waals surface area contributed by atoms with Crippen LogP contribution in [0.5, 0.6) is 0 Å². The average molecular weight is 837 g/mol. The first-order valence-corrected chi connectivity index (χ1v) is 28.3. The number of fused-ring (bicyclic) bond motifs is 2. The van der Waals surface area contributed by atoms with E-state index in [4.69, 9.17) is 17.0 Å². The average Bonchev–Trinajstić information content (AvgIpc) is 3.82. The van der Waals surface area contributed by atoms with Crippen LogP contribution in [0.15, 0.2) is 97.1 Å². The summed E-state index contributed by atoms with van der Waals surface area (Å²) in [6.07, 6.45) is 15.0. The Labute approximate surface area is 342 Å². The van der Waals surface area contributed by atoms with E-state index in [0.717, 1.165) is 27.8 Å². The van der Waals surface area contributed by atoms with Crippen LogP contribution in [-0.4, -0.2) is 9.52 Å². The maximum atomic E-state index is 4.93. The van der Waals surface area contributed by atoms with Crippen LogP contribution >= 0.6 is 17.0 Å². The summed E-state index contributed by atoms with van der Waals surface area (Å²) in [6.45, 7) is 13.2. The van der Waals surface area contributed by atoms with Gasteiger partial charge in [-0.05, 0) is 66.2 Å². The van der Waals surface area contributed by atoms with E-state index in [9.17, 15) is 0 Å². The van der Waals surface area contributed by atoms with Crippen molar-refractivity contribution in [2.45, 2.75) is 123 Å². The molecule has 0 bridgehead atoms. The number of hydrogen-bond acceptors (Lipinski definition) is 0. The fraction of sp³-hybridized carbons (Fsp3) is 0.388. The van der Waals surface area contributed by atoms with Crippen molar-refractivity contribution in [3.63, 3.8) is 0 Å². The number of aryl methyl sites for hydroxylation is 4. The summed E-state index contributed by atoms with van der Waals surface area (Å²) in [5.74, 6) is 1.58. The van der Waals surface area contributed by atoms with Crippen molar-refractivity contribution in [3.05, 3.63) is 130 Å². The molecule has 0 unspecified atom stereocenters. The van der Waals surface area contributed by atoms with Gasteiger partial charge in [0, 0.05) is 9.52 Å². The van der Waals surface area contributed by atoms with E-state index in [-0.39, 0.29) is 0 Å². The van der Waals surface area contributed by atoms with Gasteiger partial charge in [-0.15, -0.1) is 68.1 Å². The molecule has 2 fully saturated rings. The van der Waals surface area contributed by atoms with Crippen molar-refractivity contribution >= 4 is 48.1 Å². The molecular formula is C49H58Cl2SiZr. The monoisotopic (exact) mass is 834 g/mol. The molecule has 0 spiro atoms. The van der Waals surface area contributed by atoms with Gasteiger partial charge in [-0.25, -0.2) is 0 Å². The summed E-state index contributed by atoms with van der Waals surface area (Å²) in [4.78, 5) is 0. The summed E-state index contributed by atoms with van der Waals surface area (Å²) >= 11 is -0.826. The normalized spacial score (nSPS) is 14.7. The zero-order valence-corrected chi connectivity index (χ0v) is 37.9. The van der Waals surface area contributed by atoms with Gasteiger partial charge < -0.3 is 0 Å². The fourth-order valence-electron chi connectivity index (χ4n) is 8.54. The van der Waals surface area contributed by atoms with Gasteiger partial charge in [0.15, 0.2) is 0 Å². The van der Waals surface area contributed by atoms with Gasteiger partial charge in [-0.3, -0.25) is 0 Å². The third kappa shape index (κ3) is 11.0. The Morgan fingerprint density at radius 3 is 1.40 bits per heavy atom. The third-order valence-corrected chi connectivity index (χ3v) is 11.4. The van der Waals surface area contributed by atoms with Crippen molar-refractivity contribution in [2.75, 3.05) is 0 Å². The van der Waals surface area contributed by atoms with Crippen LogP contribution in [0.1, 0.15) is 116 Å². The minimum atomic E-state index is -0.826. The van der Waals surface area contributed by atoms with Crippen molar-refractivity contribution in [1.82, 2.24) is 0 Å². The molecule has 4 heteroatoms. The number of benzene rings is 4. The van der Waals surface area contributed by atoms with Gasteiger partial charge in [0.25, 0.3) is 0 Å². The molecule has 8 rings (SSSR count). The second-order valence-electron chi connectivity index (χ2n) is 15.2. The van der Waals surface area contributed by atoms with Crippen LogP contribution in [0, 0.1) is 20.8 Å². The van der Waals surface area contributed by atoms with E-state index >= 15 is 0 Å². The number of halogens is 2. The van der Waals surface area contributed by atoms with Gasteiger partial charge in [-0.1, -0.05) is 151 Å². The van der Waals surface area contributed by atoms with Crippen LogP contribution in [0.2, 0.25) is 13.1 Å². The molecule has 0 nitrogen and oxygen atoms in total. The van der Waals surface area contributed by atoms with Crippen LogP contribution < -0.4 is 0 Å². The Morgan fingerprint density at radius 2 is 0.981 bits per heavy atom. The molecular weight excluding hydrogens is 779 g/mol. The number of rotatable bonds is 5. The molecule has 6 aromatic carbocycles. The maximum absolute atomic E-state index is 4.93. The molecule has 0 aromatic heterocycles. The van der Waals surface area contributed by atoms with Gasteiger partial charge in [0.1, 0.15) is 0 Å². The van der Waals surface area contributed by atoms with E-state index in [1.54, 1.807) is 5.56 Å². The zero-order chi connectivity index (χ0) is 37.7. The second kappa shape index (κ2) is 21.2. The van der Waals surface area contributed by atoms with Gasteiger partial charge in [0.2, 0.25) is 0 Å². The molecule has 0 aliphatic heterocycles. The Hall–Kier alpha value is -2.22. The van der Waals surface area contributed by atoms with Gasteiger partial charge >= 0.3 is 37.9 Å². The molecule has 2 radical (unpaired) electrons. The Balaban J connectivity index is 0.000000178. The first kappa shape index (κ1) is 41.9. The summed E-state index contributed by atoms with van der Waals surface area (Å²) in [5, 5.41) is 5.63. The zero-order valence-electron chi connectivity index (χ0n) is 32.9. The predicted molar refractivity (Wildman–Crippen MR) is 234 cm³/mol. The Kier molecular flexibility index (Phi) is 16.8. The molecule has 0 atom stereocenters. The third-order valence-electron chi connectivity index (χ3n) is 11.4. The van der Waals surface area contributed by atoms with Crippen LogP contribution in [0.3, 0.4) is 0 Å². The van der Waals surface area contributed by atoms with Crippen molar-refractivity contribution in [2.24, 2.45) is 0 Å². The molecule has 2 saturated carbocycles. The SMILES string of the molecule is CCc1cc2c(-c3ccc(C4CCCCC4)cc3)ccc(C)c2[cH-]1.C[Si]C.Cc1cc2c(-c3ccc(C4CCCCC4)cc3)ccc(C)c2[cH-]1.[Cl][Zr+2][Cl]. The van der Waals surface area contributed by atoms with Crippen LogP contribution in [0.25, 0.3) is 43.8 Å². The van der Waals surface area contributed by atoms with Crippen molar-refractivity contribution < 1.29 is 20.8 Å². The van der Waals surface area contributed by atoms with Gasteiger partial charge in [0.05, 0.1) is 0 Å². The van der Waals surface area contributed by atoms with Crippen LogP contribution in [-0.2, 0) is 27.3 Å². The fourth-order valence-corrected chi connectivity index (χ4v) is 8.54. The van der Waals surface area contributed by atoms with E-state index in [1.165, 1.54) is 136 Å². The molecule has 6 aromatic rings. The minimum absolute atomic E-state index is 0.788. The molecule has 0 saturated heterocycles. The molecule has 0 heterocycles. The second-order valence-corrected chi connectivity index (χ2v) is 20.0. The standard InChI is InChI=1S/C24H27.C23H25.C2H6Si.2ClH.Zr/c1-3-18-15-23-17(2)9-14-22(24(23)16-18)21-12-10-20(11-13-21)19-7-5-4-6-8-19;1-16-14-22-17(2)8-13-21(23(22)15-16)20-11-9-19(10-12-20)18-6-4-3-5-7-18;1-3-2;;;/h9-16,19H,3-8H2,1-2H3;8-15,18H,3-7H2,1-2H3;1-2H3;2*1H;/q2*-1;;;;+4/p-2. The number of hydrogen-bond donors (Lipinski definition) is 0. The van der Waals surface area contributed by atoms with Crippen molar-refractivity contribution in [3.8, 4) is 22.3 Å². The Morgan fingerprint density at radius 1 is 0.585 bits per heavy atom. The Bertz CT molecular complexity index is 1990. The molecule has 2 aliphatic carbocycles. The van der Waals surface area contributed by atoms with Gasteiger partial charge in [-0.2, -0.15) is 12.1 Å². The molecule has 0 N–H and O–H groups in total. The van der Waals surface area contributed by atoms with E-state index < -0.39 is 20.8 Å². The van der Waals surface area contributed by atoms with E-state index in [0.29, 0.717) is 0 Å². The molecule has 53 heavy (non-hydrogen) atoms. The summed E-state index contributed by atoms with van der Waals surface area (Å²) in [5.41, 5.74) is 14.1. The molecule has 276 valence electrons. The summed E-state index contributed by atoms with van der Waals surface area (Å²) in [6, 6.07) is 37.3. The first-order chi connectivity index (χ1) is 25.8. The summed E-state index contributed by atoms with van der Waals surface area (Å²) in [7, 11) is 11.0. The predicted octanol–water partition coefficient (Wildman–Crippen LogP) is 16.2. The van der Waals surface area contributed by atoms with Crippen molar-refractivity contribution in [1.29, 1.82) is 0 Å². The first-order valence-electron chi connectivity index (χ1n) is 19.9. The molecule has 0 amide bonds. The van der Waals surface area contributed by atoms with Crippen LogP contribution in [0.4, 0.5) is 0 Å². The topological polar surface area (TPSA) is 0 Å².